The highest BCUT2D eigenvalue weighted by Gasteiger charge is 2.32. The second-order valence-corrected chi connectivity index (χ2v) is 8.77. The summed E-state index contributed by atoms with van der Waals surface area (Å²) in [5.41, 5.74) is 1.14. The fraction of sp³-hybridized carbons (Fsp3) is 0.474. The van der Waals surface area contributed by atoms with Gasteiger partial charge in [-0.3, -0.25) is 0 Å². The molecule has 0 radical (unpaired) electrons. The van der Waals surface area contributed by atoms with Crippen LogP contribution in [0.4, 0.5) is 0 Å². The number of carbonyl (C=O) groups excluding carboxylic acids is 1. The zero-order valence-electron chi connectivity index (χ0n) is 16.1. The van der Waals surface area contributed by atoms with Crippen LogP contribution in [0.15, 0.2) is 35.6 Å². The number of aromatic nitrogens is 2. The molecule has 1 atom stereocenters. The highest BCUT2D eigenvalue weighted by atomic mass is 127. The van der Waals surface area contributed by atoms with E-state index in [4.69, 9.17) is 4.74 Å². The standard InChI is InChI=1S/C17H21IN2O3S.C2H6/c1-5-23-15(22)13-10-20(4)16(19-13)24-17(2,3)14(21)11-7-6-8-12(18)9-11;1-2/h6-10,14,21H,5H2,1-4H3;1-2H3. The van der Waals surface area contributed by atoms with Crippen LogP contribution in [0.25, 0.3) is 0 Å². The van der Waals surface area contributed by atoms with Gasteiger partial charge in [0.2, 0.25) is 0 Å². The lowest BCUT2D eigenvalue weighted by Gasteiger charge is -2.29. The number of aryl methyl sites for hydroxylation is 1. The molecule has 2 aromatic rings. The van der Waals surface area contributed by atoms with Gasteiger partial charge in [-0.2, -0.15) is 0 Å². The number of nitrogens with zero attached hydrogens (tertiary/aromatic N) is 2. The van der Waals surface area contributed by atoms with Crippen molar-refractivity contribution in [3.05, 3.63) is 45.3 Å². The number of esters is 1. The van der Waals surface area contributed by atoms with Crippen molar-refractivity contribution in [1.82, 2.24) is 9.55 Å². The normalized spacial score (nSPS) is 12.2. The molecule has 7 heteroatoms. The van der Waals surface area contributed by atoms with Crippen LogP contribution in [0.1, 0.15) is 56.8 Å². The van der Waals surface area contributed by atoms with Crippen molar-refractivity contribution in [3.63, 3.8) is 0 Å². The van der Waals surface area contributed by atoms with Crippen molar-refractivity contribution < 1.29 is 14.6 Å². The van der Waals surface area contributed by atoms with E-state index in [0.29, 0.717) is 11.8 Å². The maximum atomic E-state index is 11.8. The van der Waals surface area contributed by atoms with Crippen molar-refractivity contribution in [2.75, 3.05) is 6.61 Å². The molecule has 1 heterocycles. The molecule has 0 bridgehead atoms. The van der Waals surface area contributed by atoms with E-state index in [1.807, 2.05) is 59.0 Å². The number of rotatable bonds is 6. The summed E-state index contributed by atoms with van der Waals surface area (Å²) < 4.78 is 7.32. The summed E-state index contributed by atoms with van der Waals surface area (Å²) in [6.07, 6.45) is 0.980. The van der Waals surface area contributed by atoms with Gasteiger partial charge in [-0.1, -0.05) is 37.7 Å². The number of carbonyl (C=O) groups is 1. The molecule has 0 aliphatic heterocycles. The molecule has 5 nitrogen and oxygen atoms in total. The Labute approximate surface area is 173 Å². The average molecular weight is 490 g/mol. The summed E-state index contributed by atoms with van der Waals surface area (Å²) in [4.78, 5) is 16.2. The summed E-state index contributed by atoms with van der Waals surface area (Å²) >= 11 is 3.66. The minimum atomic E-state index is -0.667. The first-order valence-corrected chi connectivity index (χ1v) is 10.5. The van der Waals surface area contributed by atoms with Gasteiger partial charge in [0.15, 0.2) is 10.9 Å². The van der Waals surface area contributed by atoms with Crippen LogP contribution < -0.4 is 0 Å². The summed E-state index contributed by atoms with van der Waals surface area (Å²) in [6.45, 7) is 9.99. The Bertz CT molecular complexity index is 731. The minimum absolute atomic E-state index is 0.279. The van der Waals surface area contributed by atoms with Gasteiger partial charge in [0, 0.05) is 21.6 Å². The van der Waals surface area contributed by atoms with Crippen LogP contribution >= 0.6 is 34.4 Å². The fourth-order valence-corrected chi connectivity index (χ4v) is 3.84. The molecule has 144 valence electrons. The molecule has 0 aliphatic carbocycles. The molecule has 2 rings (SSSR count). The number of thioether (sulfide) groups is 1. The van der Waals surface area contributed by atoms with E-state index < -0.39 is 16.8 Å². The van der Waals surface area contributed by atoms with Crippen molar-refractivity contribution in [3.8, 4) is 0 Å². The number of aliphatic hydroxyl groups excluding tert-OH is 1. The van der Waals surface area contributed by atoms with Crippen LogP contribution in [0.2, 0.25) is 0 Å². The second kappa shape index (κ2) is 10.3. The Hall–Kier alpha value is -1.06. The maximum absolute atomic E-state index is 11.8. The SMILES string of the molecule is CC.CCOC(=O)c1cn(C)c(SC(C)(C)C(O)c2cccc(I)c2)n1. The summed E-state index contributed by atoms with van der Waals surface area (Å²) in [5.74, 6) is -0.434. The Balaban J connectivity index is 0.00000163. The van der Waals surface area contributed by atoms with E-state index in [9.17, 15) is 9.90 Å². The van der Waals surface area contributed by atoms with Crippen LogP contribution in [-0.4, -0.2) is 32.0 Å². The molecule has 0 fully saturated rings. The molecule has 1 N–H and O–H groups in total. The van der Waals surface area contributed by atoms with Crippen molar-refractivity contribution in [2.24, 2.45) is 7.05 Å². The van der Waals surface area contributed by atoms with Crippen molar-refractivity contribution >= 4 is 40.3 Å². The third-order valence-corrected chi connectivity index (χ3v) is 5.48. The monoisotopic (exact) mass is 490 g/mol. The number of aliphatic hydroxyl groups is 1. The lowest BCUT2D eigenvalue weighted by molar-refractivity contribution is 0.0519. The topological polar surface area (TPSA) is 64.3 Å². The summed E-state index contributed by atoms with van der Waals surface area (Å²) in [6, 6.07) is 7.80. The molecule has 0 amide bonds. The maximum Gasteiger partial charge on any atom is 0.358 e. The van der Waals surface area contributed by atoms with Crippen LogP contribution in [0.3, 0.4) is 0 Å². The van der Waals surface area contributed by atoms with E-state index in [1.165, 1.54) is 11.8 Å². The molecule has 0 saturated carbocycles. The predicted molar refractivity (Wildman–Crippen MR) is 115 cm³/mol. The molecule has 0 aliphatic rings. The molecular formula is C19H27IN2O3S. The zero-order valence-corrected chi connectivity index (χ0v) is 19.1. The zero-order chi connectivity index (χ0) is 19.9. The fourth-order valence-electron chi connectivity index (χ4n) is 2.22. The summed E-state index contributed by atoms with van der Waals surface area (Å²) in [5, 5.41) is 11.4. The first-order valence-electron chi connectivity index (χ1n) is 8.57. The Kier molecular flexibility index (Phi) is 9.12. The smallest absolute Gasteiger partial charge is 0.358 e. The number of imidazole rings is 1. The van der Waals surface area contributed by atoms with Crippen molar-refractivity contribution in [2.45, 2.75) is 50.6 Å². The first-order chi connectivity index (χ1) is 12.2. The Morgan fingerprint density at radius 1 is 1.42 bits per heavy atom. The molecule has 1 aromatic carbocycles. The number of halogens is 1. The second-order valence-electron chi connectivity index (χ2n) is 5.90. The number of hydrogen-bond acceptors (Lipinski definition) is 5. The first kappa shape index (κ1) is 23.0. The summed E-state index contributed by atoms with van der Waals surface area (Å²) in [7, 11) is 1.83. The highest BCUT2D eigenvalue weighted by molar-refractivity contribution is 14.1. The van der Waals surface area contributed by atoms with Crippen LogP contribution in [0.5, 0.6) is 0 Å². The molecule has 1 unspecified atom stereocenters. The average Bonchev–Trinajstić information content (AvgIpc) is 2.96. The minimum Gasteiger partial charge on any atom is -0.461 e. The van der Waals surface area contributed by atoms with Gasteiger partial charge in [-0.25, -0.2) is 9.78 Å². The van der Waals surface area contributed by atoms with Gasteiger partial charge in [0.25, 0.3) is 0 Å². The molecular weight excluding hydrogens is 463 g/mol. The number of benzene rings is 1. The number of ether oxygens (including phenoxy) is 1. The molecule has 26 heavy (non-hydrogen) atoms. The van der Waals surface area contributed by atoms with Gasteiger partial charge in [-0.05, 0) is 61.1 Å². The quantitative estimate of drug-likeness (QED) is 0.357. The number of hydrogen-bond donors (Lipinski definition) is 1. The van der Waals surface area contributed by atoms with Crippen LogP contribution in [0, 0.1) is 3.57 Å². The predicted octanol–water partition coefficient (Wildman–Crippen LogP) is 4.83. The lowest BCUT2D eigenvalue weighted by Crippen LogP contribution is -2.26. The Morgan fingerprint density at radius 2 is 2.08 bits per heavy atom. The highest BCUT2D eigenvalue weighted by Crippen LogP contribution is 2.41. The van der Waals surface area contributed by atoms with E-state index in [-0.39, 0.29) is 5.69 Å². The third-order valence-electron chi connectivity index (χ3n) is 3.50. The van der Waals surface area contributed by atoms with Gasteiger partial charge < -0.3 is 14.4 Å². The lowest BCUT2D eigenvalue weighted by atomic mass is 9.98. The largest absolute Gasteiger partial charge is 0.461 e. The Morgan fingerprint density at radius 3 is 2.65 bits per heavy atom. The van der Waals surface area contributed by atoms with Crippen LogP contribution in [-0.2, 0) is 11.8 Å². The van der Waals surface area contributed by atoms with Gasteiger partial charge in [0.05, 0.1) is 12.7 Å². The van der Waals surface area contributed by atoms with E-state index in [1.54, 1.807) is 17.7 Å². The van der Waals surface area contributed by atoms with E-state index >= 15 is 0 Å². The third kappa shape index (κ3) is 5.99. The van der Waals surface area contributed by atoms with Gasteiger partial charge in [-0.15, -0.1) is 0 Å². The molecule has 1 aromatic heterocycles. The van der Waals surface area contributed by atoms with E-state index in [0.717, 1.165) is 9.13 Å². The molecule has 0 saturated heterocycles. The van der Waals surface area contributed by atoms with Gasteiger partial charge >= 0.3 is 5.97 Å². The van der Waals surface area contributed by atoms with E-state index in [2.05, 4.69) is 27.6 Å². The van der Waals surface area contributed by atoms with Crippen molar-refractivity contribution in [1.29, 1.82) is 0 Å². The molecule has 0 spiro atoms. The van der Waals surface area contributed by atoms with Gasteiger partial charge in [0.1, 0.15) is 0 Å².